The minimum absolute atomic E-state index is 0.297. The van der Waals surface area contributed by atoms with Gasteiger partial charge >= 0.3 is 0 Å². The van der Waals surface area contributed by atoms with Crippen molar-refractivity contribution in [3.8, 4) is 0 Å². The molecule has 0 aliphatic heterocycles. The van der Waals surface area contributed by atoms with Gasteiger partial charge in [0.05, 0.1) is 6.04 Å². The molecule has 5 heteroatoms. The van der Waals surface area contributed by atoms with Gasteiger partial charge in [-0.1, -0.05) is 33.6 Å². The molecular formula is C14H11BrClF2N. The van der Waals surface area contributed by atoms with E-state index in [1.807, 2.05) is 0 Å². The van der Waals surface area contributed by atoms with E-state index in [-0.39, 0.29) is 11.9 Å². The summed E-state index contributed by atoms with van der Waals surface area (Å²) < 4.78 is 27.7. The first-order valence-electron chi connectivity index (χ1n) is 5.63. The Morgan fingerprint density at radius 1 is 1.16 bits per heavy atom. The Balaban J connectivity index is 2.22. The van der Waals surface area contributed by atoms with Gasteiger partial charge in [-0.3, -0.25) is 0 Å². The van der Waals surface area contributed by atoms with E-state index in [2.05, 4.69) is 21.2 Å². The highest BCUT2D eigenvalue weighted by Crippen LogP contribution is 2.26. The maximum atomic E-state index is 13.8. The Kier molecular flexibility index (Phi) is 4.42. The van der Waals surface area contributed by atoms with Crippen LogP contribution in [0.1, 0.15) is 18.5 Å². The summed E-state index contributed by atoms with van der Waals surface area (Å²) in [5.74, 6) is -0.754. The van der Waals surface area contributed by atoms with Crippen LogP contribution in [0.15, 0.2) is 40.9 Å². The lowest BCUT2D eigenvalue weighted by Gasteiger charge is -2.17. The van der Waals surface area contributed by atoms with E-state index in [1.165, 1.54) is 18.2 Å². The third-order valence-electron chi connectivity index (χ3n) is 2.67. The Morgan fingerprint density at radius 2 is 1.89 bits per heavy atom. The molecule has 0 amide bonds. The number of hydrogen-bond acceptors (Lipinski definition) is 1. The second-order valence-electron chi connectivity index (χ2n) is 4.19. The SMILES string of the molecule is CC(Nc1cc(F)cc(Cl)c1)c1ccc(Br)cc1F. The first-order valence-corrected chi connectivity index (χ1v) is 6.80. The molecule has 19 heavy (non-hydrogen) atoms. The van der Waals surface area contributed by atoms with Crippen molar-refractivity contribution in [2.45, 2.75) is 13.0 Å². The van der Waals surface area contributed by atoms with Crippen LogP contribution in [-0.2, 0) is 0 Å². The average molecular weight is 347 g/mol. The zero-order valence-electron chi connectivity index (χ0n) is 10.1. The van der Waals surface area contributed by atoms with E-state index in [0.717, 1.165) is 0 Å². The summed E-state index contributed by atoms with van der Waals surface area (Å²) >= 11 is 8.98. The van der Waals surface area contributed by atoms with E-state index in [9.17, 15) is 8.78 Å². The summed E-state index contributed by atoms with van der Waals surface area (Å²) in [5.41, 5.74) is 1.02. The molecule has 0 fully saturated rings. The van der Waals surface area contributed by atoms with Crippen LogP contribution in [0.5, 0.6) is 0 Å². The van der Waals surface area contributed by atoms with Gasteiger partial charge in [0, 0.05) is 20.7 Å². The van der Waals surface area contributed by atoms with Crippen LogP contribution in [0.25, 0.3) is 0 Å². The Labute approximate surface area is 123 Å². The monoisotopic (exact) mass is 345 g/mol. The fourth-order valence-electron chi connectivity index (χ4n) is 1.82. The number of halogens is 4. The van der Waals surface area contributed by atoms with E-state index >= 15 is 0 Å². The molecule has 0 heterocycles. The molecule has 1 nitrogen and oxygen atoms in total. The third-order valence-corrected chi connectivity index (χ3v) is 3.39. The van der Waals surface area contributed by atoms with Crippen LogP contribution in [0.4, 0.5) is 14.5 Å². The number of rotatable bonds is 3. The van der Waals surface area contributed by atoms with Gasteiger partial charge in [0.15, 0.2) is 0 Å². The van der Waals surface area contributed by atoms with Crippen LogP contribution in [0.3, 0.4) is 0 Å². The molecule has 0 bridgehead atoms. The molecule has 2 aromatic rings. The lowest BCUT2D eigenvalue weighted by Crippen LogP contribution is -2.08. The summed E-state index contributed by atoms with van der Waals surface area (Å²) in [5, 5.41) is 3.32. The van der Waals surface area contributed by atoms with Crippen molar-refractivity contribution < 1.29 is 8.78 Å². The molecular weight excluding hydrogens is 336 g/mol. The van der Waals surface area contributed by atoms with Crippen LogP contribution < -0.4 is 5.32 Å². The van der Waals surface area contributed by atoms with Crippen molar-refractivity contribution >= 4 is 33.2 Å². The standard InChI is InChI=1S/C14H11BrClF2N/c1-8(13-3-2-9(15)4-14(13)18)19-12-6-10(16)5-11(17)7-12/h2-8,19H,1H3. The van der Waals surface area contributed by atoms with E-state index < -0.39 is 5.82 Å². The van der Waals surface area contributed by atoms with E-state index in [4.69, 9.17) is 11.6 Å². The molecule has 2 rings (SSSR count). The number of nitrogens with one attached hydrogen (secondary N) is 1. The topological polar surface area (TPSA) is 12.0 Å². The van der Waals surface area contributed by atoms with Gasteiger partial charge in [-0.05, 0) is 37.3 Å². The molecule has 0 saturated carbocycles. The quantitative estimate of drug-likeness (QED) is 0.768. The van der Waals surface area contributed by atoms with Gasteiger partial charge in [-0.15, -0.1) is 0 Å². The highest BCUT2D eigenvalue weighted by molar-refractivity contribution is 9.10. The minimum Gasteiger partial charge on any atom is -0.378 e. The lowest BCUT2D eigenvalue weighted by molar-refractivity contribution is 0.599. The smallest absolute Gasteiger partial charge is 0.129 e. The van der Waals surface area contributed by atoms with Crippen molar-refractivity contribution in [1.29, 1.82) is 0 Å². The number of hydrogen-bond donors (Lipinski definition) is 1. The summed E-state index contributed by atoms with van der Waals surface area (Å²) in [4.78, 5) is 0. The average Bonchev–Trinajstić information content (AvgIpc) is 2.26. The van der Waals surface area contributed by atoms with Gasteiger partial charge in [-0.2, -0.15) is 0 Å². The Hall–Kier alpha value is -1.13. The van der Waals surface area contributed by atoms with Gasteiger partial charge in [-0.25, -0.2) is 8.78 Å². The third kappa shape index (κ3) is 3.67. The summed E-state index contributed by atoms with van der Waals surface area (Å²) in [6, 6.07) is 8.67. The molecule has 0 aliphatic rings. The number of anilines is 1. The van der Waals surface area contributed by atoms with E-state index in [0.29, 0.717) is 20.7 Å². The maximum Gasteiger partial charge on any atom is 0.129 e. The van der Waals surface area contributed by atoms with Crippen LogP contribution in [0.2, 0.25) is 5.02 Å². The fraction of sp³-hybridized carbons (Fsp3) is 0.143. The summed E-state index contributed by atoms with van der Waals surface area (Å²) in [6.45, 7) is 1.80. The van der Waals surface area contributed by atoms with Crippen molar-refractivity contribution in [3.05, 3.63) is 63.1 Å². The minimum atomic E-state index is -0.432. The summed E-state index contributed by atoms with van der Waals surface area (Å²) in [6.07, 6.45) is 0. The Bertz CT molecular complexity index is 584. The molecule has 0 saturated heterocycles. The van der Waals surface area contributed by atoms with Gasteiger partial charge < -0.3 is 5.32 Å². The molecule has 1 atom stereocenters. The zero-order valence-corrected chi connectivity index (χ0v) is 12.4. The van der Waals surface area contributed by atoms with Gasteiger partial charge in [0.1, 0.15) is 11.6 Å². The van der Waals surface area contributed by atoms with Crippen molar-refractivity contribution in [3.63, 3.8) is 0 Å². The fourth-order valence-corrected chi connectivity index (χ4v) is 2.37. The molecule has 0 radical (unpaired) electrons. The normalized spacial score (nSPS) is 12.3. The molecule has 0 spiro atoms. The predicted octanol–water partition coefficient (Wildman–Crippen LogP) is 5.55. The molecule has 1 unspecified atom stereocenters. The molecule has 0 aromatic heterocycles. The van der Waals surface area contributed by atoms with Crippen LogP contribution in [-0.4, -0.2) is 0 Å². The van der Waals surface area contributed by atoms with Crippen molar-refractivity contribution in [1.82, 2.24) is 0 Å². The highest BCUT2D eigenvalue weighted by atomic mass is 79.9. The highest BCUT2D eigenvalue weighted by Gasteiger charge is 2.11. The molecule has 1 N–H and O–H groups in total. The van der Waals surface area contributed by atoms with Crippen molar-refractivity contribution in [2.75, 3.05) is 5.32 Å². The lowest BCUT2D eigenvalue weighted by atomic mass is 10.1. The van der Waals surface area contributed by atoms with Crippen LogP contribution >= 0.6 is 27.5 Å². The zero-order chi connectivity index (χ0) is 14.0. The van der Waals surface area contributed by atoms with Crippen LogP contribution in [0, 0.1) is 11.6 Å². The first-order chi connectivity index (χ1) is 8.95. The Morgan fingerprint density at radius 3 is 2.53 bits per heavy atom. The first kappa shape index (κ1) is 14.3. The molecule has 100 valence electrons. The number of benzene rings is 2. The van der Waals surface area contributed by atoms with Gasteiger partial charge in [0.25, 0.3) is 0 Å². The maximum absolute atomic E-state index is 13.8. The van der Waals surface area contributed by atoms with E-state index in [1.54, 1.807) is 25.1 Å². The second kappa shape index (κ2) is 5.88. The molecule has 2 aromatic carbocycles. The van der Waals surface area contributed by atoms with Gasteiger partial charge in [0.2, 0.25) is 0 Å². The second-order valence-corrected chi connectivity index (χ2v) is 5.54. The predicted molar refractivity (Wildman–Crippen MR) is 77.5 cm³/mol. The largest absolute Gasteiger partial charge is 0.378 e. The molecule has 0 aliphatic carbocycles. The van der Waals surface area contributed by atoms with Crippen molar-refractivity contribution in [2.24, 2.45) is 0 Å². The summed E-state index contributed by atoms with van der Waals surface area (Å²) in [7, 11) is 0.